The van der Waals surface area contributed by atoms with Gasteiger partial charge in [-0.15, -0.1) is 0 Å². The fourth-order valence-electron chi connectivity index (χ4n) is 5.04. The molecule has 0 radical (unpaired) electrons. The van der Waals surface area contributed by atoms with Crippen molar-refractivity contribution in [2.45, 2.75) is 13.0 Å². The van der Waals surface area contributed by atoms with Gasteiger partial charge in [0, 0.05) is 61.0 Å². The molecule has 1 saturated heterocycles. The lowest BCUT2D eigenvalue weighted by Crippen LogP contribution is -2.50. The molecule has 0 N–H and O–H groups in total. The SMILES string of the molecule is Cc1c(C2c3ccccc3C(=O)N2CC(=O)N2CCN(C)CC2)c2ccccc2n1C. The van der Waals surface area contributed by atoms with Gasteiger partial charge in [-0.05, 0) is 31.7 Å². The van der Waals surface area contributed by atoms with Gasteiger partial charge in [0.25, 0.3) is 5.91 Å². The Bertz CT molecular complexity index is 1170. The summed E-state index contributed by atoms with van der Waals surface area (Å²) in [4.78, 5) is 32.5. The van der Waals surface area contributed by atoms with E-state index in [-0.39, 0.29) is 24.4 Å². The van der Waals surface area contributed by atoms with Crippen molar-refractivity contribution in [2.75, 3.05) is 39.8 Å². The van der Waals surface area contributed by atoms with Gasteiger partial charge in [-0.2, -0.15) is 0 Å². The summed E-state index contributed by atoms with van der Waals surface area (Å²) in [5.74, 6) is -0.0347. The van der Waals surface area contributed by atoms with Gasteiger partial charge in [0.1, 0.15) is 6.54 Å². The number of hydrogen-bond donors (Lipinski definition) is 0. The zero-order chi connectivity index (χ0) is 21.7. The van der Waals surface area contributed by atoms with Crippen LogP contribution in [0.4, 0.5) is 0 Å². The largest absolute Gasteiger partial charge is 0.348 e. The van der Waals surface area contributed by atoms with Crippen LogP contribution in [0.5, 0.6) is 0 Å². The van der Waals surface area contributed by atoms with Gasteiger partial charge in [-0.1, -0.05) is 36.4 Å². The summed E-state index contributed by atoms with van der Waals surface area (Å²) >= 11 is 0. The van der Waals surface area contributed by atoms with Crippen LogP contribution in [0.25, 0.3) is 10.9 Å². The van der Waals surface area contributed by atoms with Crippen LogP contribution in [0.1, 0.15) is 33.2 Å². The molecule has 6 nitrogen and oxygen atoms in total. The number of fused-ring (bicyclic) bond motifs is 2. The Morgan fingerprint density at radius 1 is 0.968 bits per heavy atom. The molecular weight excluding hydrogens is 388 g/mol. The number of para-hydroxylation sites is 1. The van der Waals surface area contributed by atoms with E-state index in [0.29, 0.717) is 18.7 Å². The number of amides is 2. The molecule has 3 heterocycles. The normalized spacial score (nSPS) is 19.3. The minimum absolute atomic E-state index is 0.0251. The molecule has 3 aromatic rings. The van der Waals surface area contributed by atoms with E-state index in [1.165, 1.54) is 0 Å². The first-order valence-electron chi connectivity index (χ1n) is 10.9. The van der Waals surface area contributed by atoms with Crippen LogP contribution >= 0.6 is 0 Å². The van der Waals surface area contributed by atoms with Crippen LogP contribution in [0.15, 0.2) is 48.5 Å². The maximum atomic E-state index is 13.4. The maximum Gasteiger partial charge on any atom is 0.255 e. The molecule has 0 bridgehead atoms. The van der Waals surface area contributed by atoms with Crippen LogP contribution in [0.3, 0.4) is 0 Å². The highest BCUT2D eigenvalue weighted by molar-refractivity contribution is 6.02. The molecule has 0 saturated carbocycles. The molecule has 1 atom stereocenters. The molecule has 2 aromatic carbocycles. The number of likely N-dealkylation sites (N-methyl/N-ethyl adjacent to an activating group) is 1. The van der Waals surface area contributed by atoms with Gasteiger partial charge >= 0.3 is 0 Å². The van der Waals surface area contributed by atoms with Crippen molar-refractivity contribution < 1.29 is 9.59 Å². The third kappa shape index (κ3) is 3.13. The second-order valence-corrected chi connectivity index (χ2v) is 8.68. The smallest absolute Gasteiger partial charge is 0.255 e. The third-order valence-corrected chi connectivity index (χ3v) is 6.94. The van der Waals surface area contributed by atoms with Crippen LogP contribution in [-0.4, -0.2) is 70.9 Å². The molecule has 1 unspecified atom stereocenters. The highest BCUT2D eigenvalue weighted by atomic mass is 16.2. The van der Waals surface area contributed by atoms with Gasteiger partial charge in [-0.25, -0.2) is 0 Å². The summed E-state index contributed by atoms with van der Waals surface area (Å²) in [6, 6.07) is 15.8. The topological polar surface area (TPSA) is 48.8 Å². The second kappa shape index (κ2) is 7.54. The standard InChI is InChI=1S/C25H28N4O2/c1-17-23(20-10-6-7-11-21(20)27(17)3)24-18-8-4-5-9-19(18)25(31)29(24)16-22(30)28-14-12-26(2)13-15-28/h4-11,24H,12-16H2,1-3H3. The van der Waals surface area contributed by atoms with Gasteiger partial charge in [0.05, 0.1) is 6.04 Å². The first kappa shape index (κ1) is 19.8. The second-order valence-electron chi connectivity index (χ2n) is 8.68. The van der Waals surface area contributed by atoms with E-state index in [1.807, 2.05) is 41.3 Å². The van der Waals surface area contributed by atoms with E-state index in [4.69, 9.17) is 0 Å². The number of rotatable bonds is 3. The number of carbonyl (C=O) groups is 2. The Kier molecular flexibility index (Phi) is 4.82. The molecule has 6 heteroatoms. The van der Waals surface area contributed by atoms with Crippen molar-refractivity contribution in [2.24, 2.45) is 7.05 Å². The summed E-state index contributed by atoms with van der Waals surface area (Å²) in [6.07, 6.45) is 0. The van der Waals surface area contributed by atoms with Gasteiger partial charge in [-0.3, -0.25) is 9.59 Å². The first-order chi connectivity index (χ1) is 15.0. The van der Waals surface area contributed by atoms with Crippen LogP contribution in [0.2, 0.25) is 0 Å². The number of aryl methyl sites for hydroxylation is 1. The molecule has 160 valence electrons. The zero-order valence-electron chi connectivity index (χ0n) is 18.3. The lowest BCUT2D eigenvalue weighted by atomic mass is 9.95. The Morgan fingerprint density at radius 3 is 2.42 bits per heavy atom. The first-order valence-corrected chi connectivity index (χ1v) is 10.9. The average molecular weight is 417 g/mol. The molecule has 2 aliphatic rings. The molecule has 0 spiro atoms. The molecule has 2 aliphatic heterocycles. The number of nitrogens with zero attached hydrogens (tertiary/aromatic N) is 4. The molecule has 2 amide bonds. The molecule has 0 aliphatic carbocycles. The van der Waals surface area contributed by atoms with Gasteiger partial charge < -0.3 is 19.3 Å². The Labute approximate surface area is 182 Å². The summed E-state index contributed by atoms with van der Waals surface area (Å²) in [7, 11) is 4.13. The fraction of sp³-hybridized carbons (Fsp3) is 0.360. The quantitative estimate of drug-likeness (QED) is 0.660. The van der Waals surface area contributed by atoms with E-state index in [9.17, 15) is 9.59 Å². The Balaban J connectivity index is 1.58. The van der Waals surface area contributed by atoms with Crippen LogP contribution in [0, 0.1) is 6.92 Å². The van der Waals surface area contributed by atoms with E-state index >= 15 is 0 Å². The van der Waals surface area contributed by atoms with E-state index in [1.54, 1.807) is 4.90 Å². The predicted octanol–water partition coefficient (Wildman–Crippen LogP) is 2.81. The lowest BCUT2D eigenvalue weighted by Gasteiger charge is -2.34. The lowest BCUT2D eigenvalue weighted by molar-refractivity contribution is -0.133. The van der Waals surface area contributed by atoms with Crippen molar-refractivity contribution in [3.8, 4) is 0 Å². The van der Waals surface area contributed by atoms with Crippen molar-refractivity contribution in [1.82, 2.24) is 19.3 Å². The summed E-state index contributed by atoms with van der Waals surface area (Å²) in [6.45, 7) is 5.36. The maximum absolute atomic E-state index is 13.4. The minimum atomic E-state index is -0.258. The number of aromatic nitrogens is 1. The number of hydrogen-bond acceptors (Lipinski definition) is 3. The summed E-state index contributed by atoms with van der Waals surface area (Å²) in [5, 5.41) is 1.13. The number of piperazine rings is 1. The van der Waals surface area contributed by atoms with Crippen LogP contribution < -0.4 is 0 Å². The van der Waals surface area contributed by atoms with Crippen LogP contribution in [-0.2, 0) is 11.8 Å². The summed E-state index contributed by atoms with van der Waals surface area (Å²) < 4.78 is 2.18. The predicted molar refractivity (Wildman–Crippen MR) is 121 cm³/mol. The van der Waals surface area contributed by atoms with E-state index in [0.717, 1.165) is 40.8 Å². The molecule has 5 rings (SSSR count). The van der Waals surface area contributed by atoms with Crippen molar-refractivity contribution >= 4 is 22.7 Å². The minimum Gasteiger partial charge on any atom is -0.348 e. The van der Waals surface area contributed by atoms with E-state index < -0.39 is 0 Å². The highest BCUT2D eigenvalue weighted by Crippen LogP contribution is 2.43. The molecule has 1 aromatic heterocycles. The molecule has 31 heavy (non-hydrogen) atoms. The molecule has 1 fully saturated rings. The monoisotopic (exact) mass is 416 g/mol. The fourth-order valence-corrected chi connectivity index (χ4v) is 5.04. The summed E-state index contributed by atoms with van der Waals surface area (Å²) in [5.41, 5.74) is 5.05. The molecular formula is C25H28N4O2. The number of carbonyl (C=O) groups excluding carboxylic acids is 2. The highest BCUT2D eigenvalue weighted by Gasteiger charge is 2.41. The number of benzene rings is 2. The van der Waals surface area contributed by atoms with Crippen molar-refractivity contribution in [1.29, 1.82) is 0 Å². The van der Waals surface area contributed by atoms with E-state index in [2.05, 4.69) is 42.6 Å². The van der Waals surface area contributed by atoms with Crippen molar-refractivity contribution in [3.05, 3.63) is 70.9 Å². The zero-order valence-corrected chi connectivity index (χ0v) is 18.3. The van der Waals surface area contributed by atoms with Gasteiger partial charge in [0.2, 0.25) is 5.91 Å². The Hall–Kier alpha value is -3.12. The Morgan fingerprint density at radius 2 is 1.65 bits per heavy atom. The van der Waals surface area contributed by atoms with Gasteiger partial charge in [0.15, 0.2) is 0 Å². The average Bonchev–Trinajstić information content (AvgIpc) is 3.20. The van der Waals surface area contributed by atoms with Crippen molar-refractivity contribution in [3.63, 3.8) is 0 Å². The third-order valence-electron chi connectivity index (χ3n) is 6.94.